The number of halogens is 2. The first kappa shape index (κ1) is 32.0. The van der Waals surface area contributed by atoms with Gasteiger partial charge in [0.2, 0.25) is 0 Å². The number of carbonyl (C=O) groups is 1. The molecule has 0 bridgehead atoms. The van der Waals surface area contributed by atoms with Crippen molar-refractivity contribution >= 4 is 27.7 Å². The number of rotatable bonds is 8. The molecule has 0 fully saturated rings. The van der Waals surface area contributed by atoms with Gasteiger partial charge in [-0.1, -0.05) is 17.3 Å². The fraction of sp³-hybridized carbons (Fsp3) is 0.276. The van der Waals surface area contributed by atoms with E-state index in [1.165, 1.54) is 24.4 Å². The highest BCUT2D eigenvalue weighted by molar-refractivity contribution is 7.92. The van der Waals surface area contributed by atoms with Gasteiger partial charge < -0.3 is 20.7 Å². The number of anilines is 1. The molecule has 44 heavy (non-hydrogen) atoms. The maximum Gasteiger partial charge on any atom is 0.413 e. The molecule has 2 aromatic carbocycles. The lowest BCUT2D eigenvalue weighted by molar-refractivity contribution is 0.0635. The van der Waals surface area contributed by atoms with Crippen LogP contribution in [0.3, 0.4) is 0 Å². The number of amides is 1. The van der Waals surface area contributed by atoms with Gasteiger partial charge in [-0.05, 0) is 64.4 Å². The van der Waals surface area contributed by atoms with Crippen molar-refractivity contribution in [2.45, 2.75) is 56.9 Å². The molecule has 15 heteroatoms. The summed E-state index contributed by atoms with van der Waals surface area (Å²) in [6.07, 6.45) is 0.519. The van der Waals surface area contributed by atoms with Gasteiger partial charge in [0.1, 0.15) is 22.9 Å². The molecule has 0 atom stereocenters. The van der Waals surface area contributed by atoms with Gasteiger partial charge >= 0.3 is 6.09 Å². The van der Waals surface area contributed by atoms with E-state index in [1.807, 2.05) is 0 Å². The summed E-state index contributed by atoms with van der Waals surface area (Å²) >= 11 is 0. The SMILES string of the molecule is CC(C)S(=O)(=O)c1ccc(-c2cnc(NC(=O)OC(C)(C)C)c(-c3cc(-c4c(F)cc(CN=C(N)N)cc4F)no3)n2)cc1. The molecule has 232 valence electrons. The summed E-state index contributed by atoms with van der Waals surface area (Å²) < 4.78 is 65.9. The van der Waals surface area contributed by atoms with Crippen molar-refractivity contribution in [2.24, 2.45) is 16.5 Å². The average molecular weight is 628 g/mol. The fourth-order valence-electron chi connectivity index (χ4n) is 3.93. The molecular formula is C29H31F2N7O5S. The predicted octanol–water partition coefficient (Wildman–Crippen LogP) is 5.05. The highest BCUT2D eigenvalue weighted by atomic mass is 32.2. The first-order valence-electron chi connectivity index (χ1n) is 13.3. The summed E-state index contributed by atoms with van der Waals surface area (Å²) in [7, 11) is -3.50. The van der Waals surface area contributed by atoms with E-state index < -0.39 is 44.0 Å². The molecule has 0 aliphatic heterocycles. The Bertz CT molecular complexity index is 1810. The summed E-state index contributed by atoms with van der Waals surface area (Å²) in [6.45, 7) is 8.08. The molecule has 2 heterocycles. The minimum Gasteiger partial charge on any atom is -0.444 e. The summed E-state index contributed by atoms with van der Waals surface area (Å²) in [4.78, 5) is 25.3. The van der Waals surface area contributed by atoms with Crippen LogP contribution in [0, 0.1) is 11.6 Å². The smallest absolute Gasteiger partial charge is 0.413 e. The number of nitrogens with one attached hydrogen (secondary N) is 1. The van der Waals surface area contributed by atoms with Crippen LogP contribution in [0.5, 0.6) is 0 Å². The second-order valence-corrected chi connectivity index (χ2v) is 13.5. The molecular weight excluding hydrogens is 596 g/mol. The van der Waals surface area contributed by atoms with Crippen LogP contribution < -0.4 is 16.8 Å². The Kier molecular flexibility index (Phi) is 8.99. The highest BCUT2D eigenvalue weighted by Crippen LogP contribution is 2.34. The molecule has 0 aliphatic carbocycles. The van der Waals surface area contributed by atoms with E-state index in [2.05, 4.69) is 25.4 Å². The van der Waals surface area contributed by atoms with Crippen molar-refractivity contribution in [3.8, 4) is 34.0 Å². The lowest BCUT2D eigenvalue weighted by Crippen LogP contribution is -2.27. The van der Waals surface area contributed by atoms with E-state index in [1.54, 1.807) is 46.8 Å². The van der Waals surface area contributed by atoms with Gasteiger partial charge in [0, 0.05) is 11.6 Å². The largest absolute Gasteiger partial charge is 0.444 e. The Labute approximate surface area is 252 Å². The molecule has 2 aromatic heterocycles. The van der Waals surface area contributed by atoms with Crippen LogP contribution in [-0.2, 0) is 21.1 Å². The number of sulfone groups is 1. The van der Waals surface area contributed by atoms with Crippen LogP contribution in [0.2, 0.25) is 0 Å². The van der Waals surface area contributed by atoms with E-state index in [-0.39, 0.29) is 51.6 Å². The van der Waals surface area contributed by atoms with Crippen molar-refractivity contribution in [1.82, 2.24) is 15.1 Å². The third kappa shape index (κ3) is 7.34. The van der Waals surface area contributed by atoms with Crippen molar-refractivity contribution in [3.05, 3.63) is 65.9 Å². The van der Waals surface area contributed by atoms with Gasteiger partial charge in [0.05, 0.1) is 34.1 Å². The zero-order chi connectivity index (χ0) is 32.4. The Morgan fingerprint density at radius 1 is 1.07 bits per heavy atom. The zero-order valence-electron chi connectivity index (χ0n) is 24.6. The molecule has 4 aromatic rings. The van der Waals surface area contributed by atoms with Gasteiger partial charge in [-0.25, -0.2) is 37.0 Å². The van der Waals surface area contributed by atoms with Crippen molar-refractivity contribution in [2.75, 3.05) is 5.32 Å². The molecule has 0 unspecified atom stereocenters. The maximum atomic E-state index is 15.0. The molecule has 0 saturated carbocycles. The molecule has 1 amide bonds. The fourth-order valence-corrected chi connectivity index (χ4v) is 4.99. The quantitative estimate of drug-likeness (QED) is 0.176. The normalized spacial score (nSPS) is 11.8. The number of benzene rings is 2. The highest BCUT2D eigenvalue weighted by Gasteiger charge is 2.24. The Morgan fingerprint density at radius 3 is 2.27 bits per heavy atom. The monoisotopic (exact) mass is 627 g/mol. The van der Waals surface area contributed by atoms with Crippen LogP contribution >= 0.6 is 0 Å². The Hall–Kier alpha value is -4.92. The standard InChI is InChI=1S/C29H31F2N7O5S/c1-15(2)44(40,41)18-8-6-17(7-9-18)22-14-34-26(37-28(39)42-29(3,4)5)25(36-22)23-12-21(38-43-23)24-19(30)10-16(11-20(24)31)13-35-27(32)33/h6-12,14-15H,13H2,1-5H3,(H4,32,33,35)(H,34,37,39). The van der Waals surface area contributed by atoms with Gasteiger partial charge in [-0.3, -0.25) is 5.32 Å². The molecule has 12 nitrogen and oxygen atoms in total. The van der Waals surface area contributed by atoms with Crippen LogP contribution in [0.15, 0.2) is 63.1 Å². The number of guanidine groups is 1. The van der Waals surface area contributed by atoms with Crippen molar-refractivity contribution < 1.29 is 31.3 Å². The molecule has 4 rings (SSSR count). The summed E-state index contributed by atoms with van der Waals surface area (Å²) in [5.41, 5.74) is 10.0. The molecule has 0 radical (unpaired) electrons. The number of hydrogen-bond acceptors (Lipinski definition) is 9. The van der Waals surface area contributed by atoms with E-state index in [0.29, 0.717) is 5.56 Å². The number of aromatic nitrogens is 3. The summed E-state index contributed by atoms with van der Waals surface area (Å²) in [5.74, 6) is -2.27. The van der Waals surface area contributed by atoms with Gasteiger partial charge in [0.25, 0.3) is 0 Å². The summed E-state index contributed by atoms with van der Waals surface area (Å²) in [6, 6.07) is 9.40. The Morgan fingerprint density at radius 2 is 1.70 bits per heavy atom. The number of nitrogens with zero attached hydrogens (tertiary/aromatic N) is 4. The predicted molar refractivity (Wildman–Crippen MR) is 160 cm³/mol. The van der Waals surface area contributed by atoms with E-state index >= 15 is 8.78 Å². The van der Waals surface area contributed by atoms with E-state index in [9.17, 15) is 13.2 Å². The van der Waals surface area contributed by atoms with E-state index in [4.69, 9.17) is 20.7 Å². The lowest BCUT2D eigenvalue weighted by atomic mass is 10.1. The molecule has 0 spiro atoms. The van der Waals surface area contributed by atoms with Gasteiger partial charge in [-0.2, -0.15) is 0 Å². The topological polar surface area (TPSA) is 189 Å². The molecule has 5 N–H and O–H groups in total. The van der Waals surface area contributed by atoms with E-state index in [0.717, 1.165) is 12.1 Å². The lowest BCUT2D eigenvalue weighted by Gasteiger charge is -2.19. The third-order valence-corrected chi connectivity index (χ3v) is 8.21. The van der Waals surface area contributed by atoms with Crippen LogP contribution in [0.25, 0.3) is 34.0 Å². The number of nitrogens with two attached hydrogens (primary N) is 2. The number of hydrogen-bond donors (Lipinski definition) is 3. The Balaban J connectivity index is 1.76. The summed E-state index contributed by atoms with van der Waals surface area (Å²) in [5, 5.41) is 5.72. The maximum absolute atomic E-state index is 15.0. The molecule has 0 saturated heterocycles. The first-order valence-corrected chi connectivity index (χ1v) is 14.8. The zero-order valence-corrected chi connectivity index (χ0v) is 25.4. The molecule has 0 aliphatic rings. The minimum atomic E-state index is -3.50. The van der Waals surface area contributed by atoms with Crippen LogP contribution in [0.1, 0.15) is 40.2 Å². The number of carbonyl (C=O) groups excluding carboxylic acids is 1. The second kappa shape index (κ2) is 12.4. The van der Waals surface area contributed by atoms with Gasteiger partial charge in [-0.15, -0.1) is 0 Å². The minimum absolute atomic E-state index is 0.0313. The second-order valence-electron chi connectivity index (χ2n) is 10.9. The van der Waals surface area contributed by atoms with Crippen LogP contribution in [0.4, 0.5) is 19.4 Å². The van der Waals surface area contributed by atoms with Crippen LogP contribution in [-0.4, -0.2) is 46.4 Å². The number of aliphatic imine (C=N–C) groups is 1. The number of ether oxygens (including phenoxy) is 1. The van der Waals surface area contributed by atoms with Crippen molar-refractivity contribution in [3.63, 3.8) is 0 Å². The van der Waals surface area contributed by atoms with Gasteiger partial charge in [0.15, 0.2) is 33.1 Å². The average Bonchev–Trinajstić information content (AvgIpc) is 3.40. The third-order valence-electron chi connectivity index (χ3n) is 6.04. The first-order chi connectivity index (χ1) is 20.5. The van der Waals surface area contributed by atoms with Crippen molar-refractivity contribution in [1.29, 1.82) is 0 Å².